The molecule has 0 N–H and O–H groups in total. The quantitative estimate of drug-likeness (QED) is 0.168. The summed E-state index contributed by atoms with van der Waals surface area (Å²) < 4.78 is 4.86. The topological polar surface area (TPSA) is 13.1 Å². The van der Waals surface area contributed by atoms with Gasteiger partial charge in [-0.1, -0.05) is 121 Å². The van der Waals surface area contributed by atoms with Gasteiger partial charge in [0.25, 0.3) is 0 Å². The van der Waals surface area contributed by atoms with Crippen LogP contribution in [0.1, 0.15) is 0 Å². The van der Waals surface area contributed by atoms with Gasteiger partial charge in [0.15, 0.2) is 0 Å². The van der Waals surface area contributed by atoms with E-state index < -0.39 is 0 Å². The summed E-state index contributed by atoms with van der Waals surface area (Å²) in [5.41, 5.74) is 17.5. The molecule has 0 fully saturated rings. The van der Waals surface area contributed by atoms with E-state index in [0.29, 0.717) is 0 Å². The Morgan fingerprint density at radius 3 is 1.33 bits per heavy atom. The molecule has 0 bridgehead atoms. The molecule has 2 aliphatic rings. The summed E-state index contributed by atoms with van der Waals surface area (Å²) >= 11 is 0. The summed E-state index contributed by atoms with van der Waals surface area (Å²) in [6.45, 7) is 0.0416. The van der Waals surface area contributed by atoms with Gasteiger partial charge in [-0.15, -0.1) is 0 Å². The smallest absolute Gasteiger partial charge is 0.329 e. The van der Waals surface area contributed by atoms with E-state index >= 15 is 0 Å². The van der Waals surface area contributed by atoms with Crippen molar-refractivity contribution in [1.29, 1.82) is 0 Å². The molecule has 2 aromatic heterocycles. The third kappa shape index (κ3) is 3.65. The minimum absolute atomic E-state index is 0.0416. The fourth-order valence-electron chi connectivity index (χ4n) is 9.39. The van der Waals surface area contributed by atoms with Crippen LogP contribution in [-0.4, -0.2) is 16.0 Å². The Labute approximate surface area is 301 Å². The normalized spacial score (nSPS) is 12.9. The van der Waals surface area contributed by atoms with Gasteiger partial charge in [0.05, 0.1) is 22.1 Å². The molecule has 52 heavy (non-hydrogen) atoms. The van der Waals surface area contributed by atoms with Crippen molar-refractivity contribution in [2.24, 2.45) is 0 Å². The zero-order valence-corrected chi connectivity index (χ0v) is 28.2. The predicted molar refractivity (Wildman–Crippen MR) is 220 cm³/mol. The highest BCUT2D eigenvalue weighted by Crippen LogP contribution is 2.47. The lowest BCUT2D eigenvalue weighted by Gasteiger charge is -2.43. The molecule has 3 nitrogen and oxygen atoms in total. The molecule has 10 aromatic rings. The summed E-state index contributed by atoms with van der Waals surface area (Å²) in [5.74, 6) is 0. The van der Waals surface area contributed by atoms with Crippen LogP contribution in [0.2, 0.25) is 0 Å². The van der Waals surface area contributed by atoms with Crippen LogP contribution in [0, 0.1) is 0 Å². The van der Waals surface area contributed by atoms with E-state index in [0.717, 1.165) is 0 Å². The van der Waals surface area contributed by atoms with E-state index in [1.165, 1.54) is 99.5 Å². The highest BCUT2D eigenvalue weighted by atomic mass is 15.1. The van der Waals surface area contributed by atoms with Crippen molar-refractivity contribution in [2.45, 2.75) is 0 Å². The van der Waals surface area contributed by atoms with E-state index in [1.807, 2.05) is 0 Å². The molecule has 4 heteroatoms. The van der Waals surface area contributed by atoms with E-state index in [2.05, 4.69) is 196 Å². The number of benzene rings is 8. The standard InChI is InChI=1S/C48H30BN3/c1-7-19-41-33(13-1)40-30-32(51-45-22-10-4-16-36(45)37-17-5-11-23-46(37)51)26-28-48(40)52-47-24-12-6-18-38(47)39-29-31(25-27-42(39)49(41)52)50-43-20-8-2-14-34(43)35-15-3-9-21-44(35)50/h1-30H. The van der Waals surface area contributed by atoms with Crippen molar-refractivity contribution in [2.75, 3.05) is 4.81 Å². The summed E-state index contributed by atoms with van der Waals surface area (Å²) in [4.78, 5) is 2.59. The average Bonchev–Trinajstić information content (AvgIpc) is 3.73. The molecule has 8 aromatic carbocycles. The minimum Gasteiger partial charge on any atom is -0.376 e. The van der Waals surface area contributed by atoms with Gasteiger partial charge in [0.2, 0.25) is 0 Å². The first-order valence-electron chi connectivity index (χ1n) is 18.1. The number of hydrogen-bond acceptors (Lipinski definition) is 1. The Morgan fingerprint density at radius 1 is 0.308 bits per heavy atom. The molecule has 4 heterocycles. The molecule has 0 radical (unpaired) electrons. The van der Waals surface area contributed by atoms with Crippen LogP contribution in [0.25, 0.3) is 77.2 Å². The third-order valence-electron chi connectivity index (χ3n) is 11.5. The van der Waals surface area contributed by atoms with Gasteiger partial charge >= 0.3 is 6.85 Å². The van der Waals surface area contributed by atoms with E-state index in [9.17, 15) is 0 Å². The Balaban J connectivity index is 1.09. The lowest BCUT2D eigenvalue weighted by Crippen LogP contribution is -2.59. The molecule has 0 aliphatic carbocycles. The summed E-state index contributed by atoms with van der Waals surface area (Å²) in [7, 11) is 0. The van der Waals surface area contributed by atoms with Crippen LogP contribution in [0.15, 0.2) is 182 Å². The second-order valence-corrected chi connectivity index (χ2v) is 14.1. The largest absolute Gasteiger partial charge is 0.376 e. The average molecular weight is 660 g/mol. The van der Waals surface area contributed by atoms with Crippen molar-refractivity contribution in [1.82, 2.24) is 9.13 Å². The second-order valence-electron chi connectivity index (χ2n) is 14.1. The first-order chi connectivity index (χ1) is 25.8. The van der Waals surface area contributed by atoms with Crippen molar-refractivity contribution in [3.63, 3.8) is 0 Å². The molecule has 12 rings (SSSR count). The molecule has 0 saturated heterocycles. The number of para-hydroxylation sites is 5. The molecular formula is C48H30BN3. The van der Waals surface area contributed by atoms with E-state index in [4.69, 9.17) is 0 Å². The Bertz CT molecular complexity index is 2790. The fraction of sp³-hybridized carbons (Fsp3) is 0. The van der Waals surface area contributed by atoms with Crippen LogP contribution < -0.4 is 15.7 Å². The first kappa shape index (κ1) is 28.0. The van der Waals surface area contributed by atoms with Crippen LogP contribution >= 0.6 is 0 Å². The van der Waals surface area contributed by atoms with Crippen molar-refractivity contribution in [3.05, 3.63) is 182 Å². The first-order valence-corrected chi connectivity index (χ1v) is 18.1. The molecule has 0 amide bonds. The summed E-state index contributed by atoms with van der Waals surface area (Å²) in [6.07, 6.45) is 0. The molecule has 0 unspecified atom stereocenters. The maximum atomic E-state index is 2.59. The van der Waals surface area contributed by atoms with Crippen LogP contribution in [0.4, 0.5) is 11.4 Å². The zero-order chi connectivity index (χ0) is 33.9. The Morgan fingerprint density at radius 2 is 0.731 bits per heavy atom. The lowest BCUT2D eigenvalue weighted by atomic mass is 9.43. The maximum absolute atomic E-state index is 2.59. The molecule has 0 atom stereocenters. The van der Waals surface area contributed by atoms with Gasteiger partial charge < -0.3 is 13.9 Å². The minimum atomic E-state index is 0.0416. The maximum Gasteiger partial charge on any atom is 0.329 e. The van der Waals surface area contributed by atoms with Crippen molar-refractivity contribution in [3.8, 4) is 33.6 Å². The van der Waals surface area contributed by atoms with E-state index in [1.54, 1.807) is 0 Å². The zero-order valence-electron chi connectivity index (χ0n) is 28.2. The Kier molecular flexibility index (Phi) is 5.58. The molecule has 0 spiro atoms. The van der Waals surface area contributed by atoms with Gasteiger partial charge in [-0.05, 0) is 82.7 Å². The van der Waals surface area contributed by atoms with Crippen molar-refractivity contribution >= 4 is 72.8 Å². The van der Waals surface area contributed by atoms with Gasteiger partial charge in [-0.2, -0.15) is 0 Å². The number of hydrogen-bond donors (Lipinski definition) is 0. The number of fused-ring (bicyclic) bond motifs is 17. The summed E-state index contributed by atoms with van der Waals surface area (Å²) in [6, 6.07) is 67.3. The van der Waals surface area contributed by atoms with Gasteiger partial charge in [0.1, 0.15) is 0 Å². The number of nitrogens with zero attached hydrogens (tertiary/aromatic N) is 3. The van der Waals surface area contributed by atoms with Gasteiger partial charge in [0, 0.05) is 55.4 Å². The second kappa shape index (κ2) is 10.4. The lowest BCUT2D eigenvalue weighted by molar-refractivity contribution is 1.17. The van der Waals surface area contributed by atoms with Crippen LogP contribution in [-0.2, 0) is 0 Å². The number of rotatable bonds is 2. The van der Waals surface area contributed by atoms with Gasteiger partial charge in [-0.25, -0.2) is 0 Å². The number of aromatic nitrogens is 2. The SMILES string of the molecule is c1ccc2c(c1)B1c3ccc(-n4c5ccccc5c5ccccc54)cc3-c3ccccc3N1c1ccc(-n3c4ccccc4c4ccccc43)cc1-2. The van der Waals surface area contributed by atoms with Crippen LogP contribution in [0.5, 0.6) is 0 Å². The third-order valence-corrected chi connectivity index (χ3v) is 11.5. The molecule has 240 valence electrons. The molecular weight excluding hydrogens is 629 g/mol. The molecule has 2 aliphatic heterocycles. The van der Waals surface area contributed by atoms with Crippen LogP contribution in [0.3, 0.4) is 0 Å². The molecule has 0 saturated carbocycles. The fourth-order valence-corrected chi connectivity index (χ4v) is 9.39. The predicted octanol–water partition coefficient (Wildman–Crippen LogP) is 10.8. The number of anilines is 2. The monoisotopic (exact) mass is 659 g/mol. The van der Waals surface area contributed by atoms with Crippen molar-refractivity contribution < 1.29 is 0 Å². The van der Waals surface area contributed by atoms with E-state index in [-0.39, 0.29) is 6.85 Å². The highest BCUT2D eigenvalue weighted by Gasteiger charge is 2.42. The Hall–Kier alpha value is -6.78. The summed E-state index contributed by atoms with van der Waals surface area (Å²) in [5, 5.41) is 5.11. The van der Waals surface area contributed by atoms with Gasteiger partial charge in [-0.3, -0.25) is 0 Å². The highest BCUT2D eigenvalue weighted by molar-refractivity contribution is 6.92.